The number of ether oxygens (including phenoxy) is 2. The number of esters is 2. The van der Waals surface area contributed by atoms with Gasteiger partial charge in [-0.1, -0.05) is 26.3 Å². The quantitative estimate of drug-likeness (QED) is 0.511. The predicted molar refractivity (Wildman–Crippen MR) is 90.7 cm³/mol. The van der Waals surface area contributed by atoms with Gasteiger partial charge in [0.25, 0.3) is 0 Å². The van der Waals surface area contributed by atoms with Crippen molar-refractivity contribution < 1.29 is 29.3 Å². The van der Waals surface area contributed by atoms with Gasteiger partial charge < -0.3 is 19.7 Å². The first-order valence-electron chi connectivity index (χ1n) is 8.89. The minimum Gasteiger partial charge on any atom is -0.460 e. The summed E-state index contributed by atoms with van der Waals surface area (Å²) in [5, 5.41) is 20.5. The molecule has 142 valence electrons. The molecule has 1 saturated heterocycles. The largest absolute Gasteiger partial charge is 0.460 e. The molecule has 0 aliphatic carbocycles. The smallest absolute Gasteiger partial charge is 0.341 e. The van der Waals surface area contributed by atoms with E-state index in [1.54, 1.807) is 6.92 Å². The zero-order valence-electron chi connectivity index (χ0n) is 15.4. The fourth-order valence-electron chi connectivity index (χ4n) is 3.70. The van der Waals surface area contributed by atoms with Crippen LogP contribution in [0, 0.1) is 5.92 Å². The van der Waals surface area contributed by atoms with Gasteiger partial charge in [0.15, 0.2) is 5.60 Å². The van der Waals surface area contributed by atoms with Crippen molar-refractivity contribution in [3.8, 4) is 0 Å². The van der Waals surface area contributed by atoms with Crippen LogP contribution in [0.2, 0.25) is 0 Å². The first-order valence-corrected chi connectivity index (χ1v) is 8.89. The summed E-state index contributed by atoms with van der Waals surface area (Å²) >= 11 is 0. The molecular formula is C18H29NO6. The lowest BCUT2D eigenvalue weighted by Crippen LogP contribution is -2.54. The molecule has 1 unspecified atom stereocenters. The van der Waals surface area contributed by atoms with E-state index < -0.39 is 23.6 Å². The van der Waals surface area contributed by atoms with E-state index in [0.717, 1.165) is 25.1 Å². The lowest BCUT2D eigenvalue weighted by Gasteiger charge is -2.34. The van der Waals surface area contributed by atoms with Crippen LogP contribution in [0.1, 0.15) is 40.5 Å². The molecule has 1 fully saturated rings. The standard InChI is InChI=1S/C18H29NO6/c1-5-11(2)18(23,12(3)20)17(22)24-10-14-6-8-19-9-7-15(16(14)19)25-13(4)21/h6,11-12,15-16,20,23H,5,7-10H2,1-4H3/t11?,12-,15+,16-,18-/m1/s1. The number of hydrogen-bond donors (Lipinski definition) is 2. The molecule has 0 amide bonds. The summed E-state index contributed by atoms with van der Waals surface area (Å²) in [6.07, 6.45) is 1.78. The summed E-state index contributed by atoms with van der Waals surface area (Å²) in [5.74, 6) is -1.58. The lowest BCUT2D eigenvalue weighted by molar-refractivity contribution is -0.185. The number of aliphatic hydroxyl groups excluding tert-OH is 1. The Balaban J connectivity index is 2.02. The minimum atomic E-state index is -1.93. The number of carbonyl (C=O) groups excluding carboxylic acids is 2. The Hall–Kier alpha value is -1.44. The molecular weight excluding hydrogens is 326 g/mol. The van der Waals surface area contributed by atoms with Gasteiger partial charge in [-0.25, -0.2) is 4.79 Å². The molecule has 0 spiro atoms. The van der Waals surface area contributed by atoms with Crippen molar-refractivity contribution in [3.63, 3.8) is 0 Å². The molecule has 2 heterocycles. The van der Waals surface area contributed by atoms with Crippen LogP contribution in [0.5, 0.6) is 0 Å². The second-order valence-electron chi connectivity index (χ2n) is 7.04. The summed E-state index contributed by atoms with van der Waals surface area (Å²) in [4.78, 5) is 25.9. The highest BCUT2D eigenvalue weighted by Gasteiger charge is 2.48. The molecule has 0 aromatic heterocycles. The molecule has 0 bridgehead atoms. The van der Waals surface area contributed by atoms with Crippen LogP contribution in [-0.2, 0) is 19.1 Å². The zero-order chi connectivity index (χ0) is 18.8. The molecule has 0 radical (unpaired) electrons. The van der Waals surface area contributed by atoms with Crippen molar-refractivity contribution in [1.82, 2.24) is 4.90 Å². The van der Waals surface area contributed by atoms with Gasteiger partial charge in [-0.2, -0.15) is 0 Å². The number of carbonyl (C=O) groups is 2. The van der Waals surface area contributed by atoms with E-state index >= 15 is 0 Å². The molecule has 0 aromatic carbocycles. The van der Waals surface area contributed by atoms with Crippen LogP contribution < -0.4 is 0 Å². The highest BCUT2D eigenvalue weighted by molar-refractivity contribution is 5.80. The lowest BCUT2D eigenvalue weighted by atomic mass is 9.82. The van der Waals surface area contributed by atoms with Crippen LogP contribution in [0.4, 0.5) is 0 Å². The second-order valence-corrected chi connectivity index (χ2v) is 7.04. The summed E-state index contributed by atoms with van der Waals surface area (Å²) in [6.45, 7) is 7.88. The summed E-state index contributed by atoms with van der Waals surface area (Å²) < 4.78 is 10.7. The Morgan fingerprint density at radius 1 is 1.44 bits per heavy atom. The van der Waals surface area contributed by atoms with Crippen LogP contribution in [-0.4, -0.2) is 70.6 Å². The average molecular weight is 355 g/mol. The zero-order valence-corrected chi connectivity index (χ0v) is 15.4. The van der Waals surface area contributed by atoms with Gasteiger partial charge in [0, 0.05) is 20.0 Å². The SMILES string of the molecule is CCC(C)[C@](O)(C(=O)OCC1=CCN2CC[C@H](OC(C)=O)[C@@H]12)[C@@H](C)O. The topological polar surface area (TPSA) is 96.3 Å². The number of hydrogen-bond acceptors (Lipinski definition) is 7. The molecule has 7 nitrogen and oxygen atoms in total. The van der Waals surface area contributed by atoms with E-state index in [-0.39, 0.29) is 24.7 Å². The number of nitrogens with zero attached hydrogens (tertiary/aromatic N) is 1. The number of rotatable bonds is 7. The highest BCUT2D eigenvalue weighted by atomic mass is 16.6. The van der Waals surface area contributed by atoms with Crippen molar-refractivity contribution >= 4 is 11.9 Å². The van der Waals surface area contributed by atoms with Gasteiger partial charge in [0.2, 0.25) is 0 Å². The third kappa shape index (κ3) is 3.88. The van der Waals surface area contributed by atoms with Crippen molar-refractivity contribution in [2.75, 3.05) is 19.7 Å². The molecule has 0 saturated carbocycles. The average Bonchev–Trinajstić information content (AvgIpc) is 3.13. The van der Waals surface area contributed by atoms with E-state index in [2.05, 4.69) is 4.90 Å². The van der Waals surface area contributed by atoms with E-state index in [0.29, 0.717) is 6.42 Å². The van der Waals surface area contributed by atoms with Crippen LogP contribution in [0.15, 0.2) is 11.6 Å². The first-order chi connectivity index (χ1) is 11.7. The normalized spacial score (nSPS) is 27.8. The molecule has 7 heteroatoms. The molecule has 0 aromatic rings. The van der Waals surface area contributed by atoms with Gasteiger partial charge in [-0.3, -0.25) is 9.69 Å². The predicted octanol–water partition coefficient (Wildman–Crippen LogP) is 0.634. The van der Waals surface area contributed by atoms with E-state index in [9.17, 15) is 19.8 Å². The Labute approximate surface area is 148 Å². The molecule has 2 N–H and O–H groups in total. The van der Waals surface area contributed by atoms with Crippen molar-refractivity contribution in [1.29, 1.82) is 0 Å². The van der Waals surface area contributed by atoms with Crippen molar-refractivity contribution in [3.05, 3.63) is 11.6 Å². The Kier molecular flexibility index (Phi) is 6.24. The van der Waals surface area contributed by atoms with Gasteiger partial charge >= 0.3 is 11.9 Å². The van der Waals surface area contributed by atoms with E-state index in [1.165, 1.54) is 13.8 Å². The van der Waals surface area contributed by atoms with Gasteiger partial charge in [-0.05, 0) is 24.8 Å². The molecule has 5 atom stereocenters. The van der Waals surface area contributed by atoms with E-state index in [1.807, 2.05) is 13.0 Å². The van der Waals surface area contributed by atoms with Crippen LogP contribution in [0.25, 0.3) is 0 Å². The van der Waals surface area contributed by atoms with Crippen molar-refractivity contribution in [2.45, 2.75) is 64.4 Å². The Morgan fingerprint density at radius 2 is 2.12 bits per heavy atom. The second kappa shape index (κ2) is 7.85. The van der Waals surface area contributed by atoms with Gasteiger partial charge in [-0.15, -0.1) is 0 Å². The van der Waals surface area contributed by atoms with E-state index in [4.69, 9.17) is 9.47 Å². The highest BCUT2D eigenvalue weighted by Crippen LogP contribution is 2.32. The van der Waals surface area contributed by atoms with Gasteiger partial charge in [0.05, 0.1) is 12.1 Å². The van der Waals surface area contributed by atoms with Crippen molar-refractivity contribution in [2.24, 2.45) is 5.92 Å². The summed E-state index contributed by atoms with van der Waals surface area (Å²) in [5.41, 5.74) is -1.06. The third-order valence-electron chi connectivity index (χ3n) is 5.43. The molecule has 25 heavy (non-hydrogen) atoms. The van der Waals surface area contributed by atoms with Crippen LogP contribution >= 0.6 is 0 Å². The maximum Gasteiger partial charge on any atom is 0.341 e. The molecule has 2 rings (SSSR count). The first kappa shape index (κ1) is 19.9. The fourth-order valence-corrected chi connectivity index (χ4v) is 3.70. The Bertz CT molecular complexity index is 546. The minimum absolute atomic E-state index is 0.0171. The molecule has 2 aliphatic heterocycles. The third-order valence-corrected chi connectivity index (χ3v) is 5.43. The fraction of sp³-hybridized carbons (Fsp3) is 0.778. The Morgan fingerprint density at radius 3 is 2.68 bits per heavy atom. The number of aliphatic hydroxyl groups is 2. The molecule has 2 aliphatic rings. The maximum atomic E-state index is 12.5. The monoisotopic (exact) mass is 355 g/mol. The number of fused-ring (bicyclic) bond motifs is 1. The summed E-state index contributed by atoms with van der Waals surface area (Å²) in [6, 6.07) is -0.0834. The maximum absolute atomic E-state index is 12.5. The summed E-state index contributed by atoms with van der Waals surface area (Å²) in [7, 11) is 0. The van der Waals surface area contributed by atoms with Crippen LogP contribution in [0.3, 0.4) is 0 Å². The van der Waals surface area contributed by atoms with Gasteiger partial charge in [0.1, 0.15) is 12.7 Å².